The van der Waals surface area contributed by atoms with Crippen LogP contribution in [0.25, 0.3) is 0 Å². The predicted molar refractivity (Wildman–Crippen MR) is 62.8 cm³/mol. The minimum Gasteiger partial charge on any atom is -0.478 e. The number of hydrogen-bond donors (Lipinski definition) is 2. The van der Waals surface area contributed by atoms with E-state index in [2.05, 4.69) is 10.3 Å². The number of carbonyl (C=O) groups is 1. The largest absolute Gasteiger partial charge is 0.478 e. The number of methoxy groups -OCH3 is 1. The average Bonchev–Trinajstić information content (AvgIpc) is 2.34. The number of hydrogen-bond acceptors (Lipinski definition) is 6. The summed E-state index contributed by atoms with van der Waals surface area (Å²) in [6.07, 6.45) is 1.69. The molecule has 1 heterocycles. The Morgan fingerprint density at radius 1 is 1.67 bits per heavy atom. The number of anilines is 1. The van der Waals surface area contributed by atoms with E-state index in [-0.39, 0.29) is 17.1 Å². The van der Waals surface area contributed by atoms with Crippen molar-refractivity contribution in [1.29, 1.82) is 0 Å². The lowest BCUT2D eigenvalue weighted by atomic mass is 10.2. The molecule has 8 nitrogen and oxygen atoms in total. The molecule has 18 heavy (non-hydrogen) atoms. The molecule has 0 spiro atoms. The van der Waals surface area contributed by atoms with E-state index in [0.717, 1.165) is 12.3 Å². The zero-order valence-corrected chi connectivity index (χ0v) is 9.75. The topological polar surface area (TPSA) is 115 Å². The van der Waals surface area contributed by atoms with Crippen molar-refractivity contribution in [2.45, 2.75) is 6.42 Å². The van der Waals surface area contributed by atoms with Gasteiger partial charge in [-0.15, -0.1) is 0 Å². The highest BCUT2D eigenvalue weighted by molar-refractivity contribution is 5.93. The van der Waals surface area contributed by atoms with Crippen LogP contribution in [-0.4, -0.2) is 41.2 Å². The molecule has 0 saturated carbocycles. The maximum atomic E-state index is 11.0. The van der Waals surface area contributed by atoms with Gasteiger partial charge in [0.25, 0.3) is 5.69 Å². The molecule has 98 valence electrons. The Labute approximate surface area is 103 Å². The highest BCUT2D eigenvalue weighted by Crippen LogP contribution is 2.18. The summed E-state index contributed by atoms with van der Waals surface area (Å²) in [6, 6.07) is 0.980. The van der Waals surface area contributed by atoms with E-state index in [9.17, 15) is 14.9 Å². The maximum absolute atomic E-state index is 11.0. The van der Waals surface area contributed by atoms with Gasteiger partial charge < -0.3 is 15.2 Å². The summed E-state index contributed by atoms with van der Waals surface area (Å²) in [5.74, 6) is -1.15. The molecule has 0 aliphatic rings. The lowest BCUT2D eigenvalue weighted by Gasteiger charge is -2.07. The van der Waals surface area contributed by atoms with Crippen molar-refractivity contribution >= 4 is 17.5 Å². The van der Waals surface area contributed by atoms with Gasteiger partial charge in [0, 0.05) is 26.3 Å². The second-order valence-corrected chi connectivity index (χ2v) is 3.43. The van der Waals surface area contributed by atoms with Gasteiger partial charge in [-0.2, -0.15) is 0 Å². The molecule has 0 bridgehead atoms. The number of aromatic carboxylic acids is 1. The SMILES string of the molecule is COCCCNc1ncc([N+](=O)[O-])cc1C(=O)O. The highest BCUT2D eigenvalue weighted by Gasteiger charge is 2.17. The Morgan fingerprint density at radius 2 is 2.39 bits per heavy atom. The summed E-state index contributed by atoms with van der Waals surface area (Å²) in [4.78, 5) is 24.5. The van der Waals surface area contributed by atoms with Crippen molar-refractivity contribution < 1.29 is 19.6 Å². The number of pyridine rings is 1. The third-order valence-corrected chi connectivity index (χ3v) is 2.13. The molecule has 0 unspecified atom stereocenters. The molecule has 0 atom stereocenters. The number of aromatic nitrogens is 1. The minimum absolute atomic E-state index is 0.115. The van der Waals surface area contributed by atoms with Gasteiger partial charge in [-0.1, -0.05) is 0 Å². The predicted octanol–water partition coefficient (Wildman–Crippen LogP) is 1.14. The second-order valence-electron chi connectivity index (χ2n) is 3.43. The lowest BCUT2D eigenvalue weighted by molar-refractivity contribution is -0.385. The summed E-state index contributed by atoms with van der Waals surface area (Å²) in [6.45, 7) is 1.00. The maximum Gasteiger partial charge on any atom is 0.339 e. The Kier molecular flexibility index (Phi) is 5.00. The number of nitrogens with zero attached hydrogens (tertiary/aromatic N) is 2. The van der Waals surface area contributed by atoms with Crippen molar-refractivity contribution in [1.82, 2.24) is 4.98 Å². The van der Waals surface area contributed by atoms with Crippen molar-refractivity contribution in [3.8, 4) is 0 Å². The quantitative estimate of drug-likeness (QED) is 0.426. The number of carboxylic acids is 1. The summed E-state index contributed by atoms with van der Waals surface area (Å²) in [7, 11) is 1.56. The summed E-state index contributed by atoms with van der Waals surface area (Å²) in [5, 5.41) is 22.3. The number of rotatable bonds is 7. The van der Waals surface area contributed by atoms with Gasteiger partial charge in [0.2, 0.25) is 0 Å². The molecule has 0 aromatic carbocycles. The normalized spacial score (nSPS) is 10.1. The molecule has 0 aliphatic carbocycles. The summed E-state index contributed by atoms with van der Waals surface area (Å²) < 4.78 is 4.84. The second kappa shape index (κ2) is 6.50. The van der Waals surface area contributed by atoms with Crippen LogP contribution >= 0.6 is 0 Å². The first-order chi connectivity index (χ1) is 8.56. The molecule has 2 N–H and O–H groups in total. The highest BCUT2D eigenvalue weighted by atomic mass is 16.6. The standard InChI is InChI=1S/C10H13N3O5/c1-18-4-2-3-11-9-8(10(14)15)5-7(6-12-9)13(16)17/h5-6H,2-4H2,1H3,(H,11,12)(H,14,15). The number of ether oxygens (including phenoxy) is 1. The zero-order chi connectivity index (χ0) is 13.5. The fourth-order valence-corrected chi connectivity index (χ4v) is 1.28. The molecular weight excluding hydrogens is 242 g/mol. The lowest BCUT2D eigenvalue weighted by Crippen LogP contribution is -2.11. The van der Waals surface area contributed by atoms with Gasteiger partial charge in [-0.25, -0.2) is 9.78 Å². The molecule has 0 radical (unpaired) electrons. The van der Waals surface area contributed by atoms with Crippen LogP contribution in [0.3, 0.4) is 0 Å². The van der Waals surface area contributed by atoms with E-state index in [1.807, 2.05) is 0 Å². The average molecular weight is 255 g/mol. The van der Waals surface area contributed by atoms with Crippen LogP contribution in [0.15, 0.2) is 12.3 Å². The van der Waals surface area contributed by atoms with E-state index in [1.165, 1.54) is 0 Å². The molecule has 0 fully saturated rings. The molecule has 1 rings (SSSR count). The monoisotopic (exact) mass is 255 g/mol. The molecule has 0 amide bonds. The van der Waals surface area contributed by atoms with E-state index < -0.39 is 10.9 Å². The van der Waals surface area contributed by atoms with E-state index >= 15 is 0 Å². The van der Waals surface area contributed by atoms with Crippen LogP contribution in [0.1, 0.15) is 16.8 Å². The van der Waals surface area contributed by atoms with E-state index in [1.54, 1.807) is 7.11 Å². The molecule has 1 aromatic rings. The number of carboxylic acid groups (broad SMARTS) is 1. The van der Waals surface area contributed by atoms with E-state index in [0.29, 0.717) is 19.6 Å². The van der Waals surface area contributed by atoms with Crippen LogP contribution in [0.4, 0.5) is 11.5 Å². The molecule has 0 saturated heterocycles. The van der Waals surface area contributed by atoms with Gasteiger partial charge in [0.1, 0.15) is 17.6 Å². The minimum atomic E-state index is -1.26. The van der Waals surface area contributed by atoms with Crippen molar-refractivity contribution in [3.63, 3.8) is 0 Å². The van der Waals surface area contributed by atoms with Crippen molar-refractivity contribution in [3.05, 3.63) is 27.9 Å². The van der Waals surface area contributed by atoms with Crippen LogP contribution in [0.2, 0.25) is 0 Å². The third-order valence-electron chi connectivity index (χ3n) is 2.13. The Morgan fingerprint density at radius 3 is 2.94 bits per heavy atom. The van der Waals surface area contributed by atoms with Crippen LogP contribution in [0, 0.1) is 10.1 Å². The Hall–Kier alpha value is -2.22. The van der Waals surface area contributed by atoms with Gasteiger partial charge in [-0.3, -0.25) is 10.1 Å². The summed E-state index contributed by atoms with van der Waals surface area (Å²) >= 11 is 0. The first-order valence-electron chi connectivity index (χ1n) is 5.16. The molecule has 8 heteroatoms. The fourth-order valence-electron chi connectivity index (χ4n) is 1.28. The first kappa shape index (κ1) is 13.8. The number of nitro groups is 1. The van der Waals surface area contributed by atoms with Gasteiger partial charge in [-0.05, 0) is 6.42 Å². The third kappa shape index (κ3) is 3.67. The first-order valence-corrected chi connectivity index (χ1v) is 5.16. The Bertz CT molecular complexity index is 449. The van der Waals surface area contributed by atoms with Crippen LogP contribution in [0.5, 0.6) is 0 Å². The van der Waals surface area contributed by atoms with E-state index in [4.69, 9.17) is 9.84 Å². The van der Waals surface area contributed by atoms with Crippen LogP contribution < -0.4 is 5.32 Å². The zero-order valence-electron chi connectivity index (χ0n) is 9.75. The van der Waals surface area contributed by atoms with Gasteiger partial charge >= 0.3 is 5.97 Å². The molecule has 1 aromatic heterocycles. The molecule has 0 aliphatic heterocycles. The fraction of sp³-hybridized carbons (Fsp3) is 0.400. The van der Waals surface area contributed by atoms with Gasteiger partial charge in [0.05, 0.1) is 4.92 Å². The summed E-state index contributed by atoms with van der Waals surface area (Å²) in [5.41, 5.74) is -0.573. The van der Waals surface area contributed by atoms with Gasteiger partial charge in [0.15, 0.2) is 0 Å². The molecular formula is C10H13N3O5. The van der Waals surface area contributed by atoms with Crippen molar-refractivity contribution in [2.75, 3.05) is 25.6 Å². The van der Waals surface area contributed by atoms with Crippen LogP contribution in [-0.2, 0) is 4.74 Å². The smallest absolute Gasteiger partial charge is 0.339 e. The van der Waals surface area contributed by atoms with Crippen molar-refractivity contribution in [2.24, 2.45) is 0 Å². The number of nitrogens with one attached hydrogen (secondary N) is 1. The Balaban J connectivity index is 2.83.